The summed E-state index contributed by atoms with van der Waals surface area (Å²) in [5, 5.41) is 3.54. The molecule has 0 heterocycles. The second-order valence-corrected chi connectivity index (χ2v) is 17.2. The van der Waals surface area contributed by atoms with E-state index < -0.39 is 7.26 Å². The van der Waals surface area contributed by atoms with E-state index in [-0.39, 0.29) is 39.5 Å². The number of carbonyl (C=O) groups is 3. The van der Waals surface area contributed by atoms with Gasteiger partial charge in [0, 0.05) is 11.1 Å². The van der Waals surface area contributed by atoms with Crippen LogP contribution in [-0.4, -0.2) is 54.6 Å². The van der Waals surface area contributed by atoms with Gasteiger partial charge in [0.15, 0.2) is 0 Å². The average molecular weight is 719 g/mol. The van der Waals surface area contributed by atoms with Crippen LogP contribution in [0.15, 0.2) is 114 Å². The van der Waals surface area contributed by atoms with Gasteiger partial charge in [-0.05, 0) is 75.3 Å². The number of Topliss-reactive ketones (excluding diaryl/α,β-unsaturated/α-hetero) is 2. The number of hydrogen-bond donors (Lipinski definition) is 0. The molecule has 3 aromatic rings. The molecular weight excluding hydrogens is 667 g/mol. The summed E-state index contributed by atoms with van der Waals surface area (Å²) in [5.74, 6) is 0.224. The molecule has 268 valence electrons. The van der Waals surface area contributed by atoms with Crippen molar-refractivity contribution in [2.75, 3.05) is 26.6 Å². The van der Waals surface area contributed by atoms with E-state index in [1.165, 1.54) is 30.1 Å². The smallest absolute Gasteiger partial charge is 0.358 e. The first-order valence-corrected chi connectivity index (χ1v) is 20.3. The van der Waals surface area contributed by atoms with Crippen molar-refractivity contribution in [1.29, 1.82) is 0 Å². The Morgan fingerprint density at radius 3 is 1.52 bits per heavy atom. The fraction of sp³-hybridized carbons (Fsp3) is 0.390. The number of unbranched alkanes of at least 4 members (excludes halogenated alkanes) is 7. The molecule has 0 fully saturated rings. The van der Waals surface area contributed by atoms with E-state index in [1.54, 1.807) is 18.7 Å². The van der Waals surface area contributed by atoms with Gasteiger partial charge in [-0.3, -0.25) is 9.59 Å². The summed E-state index contributed by atoms with van der Waals surface area (Å²) in [6.07, 6.45) is 9.06. The van der Waals surface area contributed by atoms with Gasteiger partial charge in [-0.1, -0.05) is 93.1 Å². The highest BCUT2D eigenvalue weighted by atomic mass is 32.2. The van der Waals surface area contributed by atoms with Crippen LogP contribution in [0.25, 0.3) is 0 Å². The Kier molecular flexibility index (Phi) is 17.0. The molecule has 4 rings (SSSR count). The largest absolute Gasteiger partial charge is 0.870 e. The van der Waals surface area contributed by atoms with E-state index in [0.717, 1.165) is 57.1 Å². The molecule has 0 aliphatic heterocycles. The molecule has 0 spiro atoms. The molecule has 1 aliphatic rings. The standard InChI is InChI=1S/C41H50O6PS.H2O/c1-5-47-40(44)41(48(32-23-15-12-16-24-32,33-25-17-13-18-26-33)34-27-19-14-20-28-34)49-30-22-11-9-7-6-8-10-21-29-35-31(2)36(42)38(45-3)39(46-4)37(35)43;/h12-20,23-28,41H,5-11,21-22,29-30H2,1-4H3;1H2/q+1;/p-1. The third-order valence-corrected chi connectivity index (χ3v) is 15.7. The molecule has 1 aliphatic carbocycles. The van der Waals surface area contributed by atoms with Crippen LogP contribution in [0.5, 0.6) is 0 Å². The van der Waals surface area contributed by atoms with Gasteiger partial charge in [0.1, 0.15) is 23.2 Å². The number of methoxy groups -OCH3 is 2. The summed E-state index contributed by atoms with van der Waals surface area (Å²) in [4.78, 5) is 39.1. The number of esters is 1. The van der Waals surface area contributed by atoms with Crippen molar-refractivity contribution < 1.29 is 34.1 Å². The lowest BCUT2D eigenvalue weighted by Crippen LogP contribution is -2.41. The van der Waals surface area contributed by atoms with E-state index in [4.69, 9.17) is 14.2 Å². The Morgan fingerprint density at radius 2 is 1.08 bits per heavy atom. The monoisotopic (exact) mass is 718 g/mol. The van der Waals surface area contributed by atoms with Gasteiger partial charge in [-0.2, -0.15) is 0 Å². The predicted molar refractivity (Wildman–Crippen MR) is 205 cm³/mol. The maximum Gasteiger partial charge on any atom is 0.358 e. The number of thioether (sulfide) groups is 1. The minimum atomic E-state index is -2.43. The lowest BCUT2D eigenvalue weighted by atomic mass is 9.89. The summed E-state index contributed by atoms with van der Waals surface area (Å²) in [6.45, 7) is 3.93. The molecule has 0 saturated heterocycles. The van der Waals surface area contributed by atoms with E-state index in [1.807, 2.05) is 25.1 Å². The number of rotatable bonds is 20. The van der Waals surface area contributed by atoms with Crippen LogP contribution in [0.2, 0.25) is 0 Å². The van der Waals surface area contributed by atoms with Crippen molar-refractivity contribution >= 4 is 52.5 Å². The number of ether oxygens (including phenoxy) is 3. The van der Waals surface area contributed by atoms with Crippen LogP contribution >= 0.6 is 19.0 Å². The Bertz CT molecular complexity index is 1490. The van der Waals surface area contributed by atoms with Gasteiger partial charge in [-0.15, -0.1) is 11.8 Å². The van der Waals surface area contributed by atoms with Crippen LogP contribution in [0.1, 0.15) is 71.6 Å². The topological polar surface area (TPSA) is 109 Å². The third-order valence-electron chi connectivity index (χ3n) is 9.02. The average Bonchev–Trinajstić information content (AvgIpc) is 3.14. The van der Waals surface area contributed by atoms with Crippen LogP contribution in [0.4, 0.5) is 0 Å². The zero-order valence-electron chi connectivity index (χ0n) is 29.8. The van der Waals surface area contributed by atoms with Crippen LogP contribution < -0.4 is 15.9 Å². The summed E-state index contributed by atoms with van der Waals surface area (Å²) in [6, 6.07) is 31.6. The zero-order valence-corrected chi connectivity index (χ0v) is 31.5. The highest BCUT2D eigenvalue weighted by Gasteiger charge is 2.56. The number of hydrogen-bond acceptors (Lipinski definition) is 8. The van der Waals surface area contributed by atoms with Crippen molar-refractivity contribution in [3.05, 3.63) is 114 Å². The number of ketones is 2. The van der Waals surface area contributed by atoms with E-state index in [9.17, 15) is 14.4 Å². The van der Waals surface area contributed by atoms with Gasteiger partial charge in [0.25, 0.3) is 0 Å². The minimum absolute atomic E-state index is 0. The van der Waals surface area contributed by atoms with Crippen molar-refractivity contribution in [2.45, 2.75) is 76.6 Å². The van der Waals surface area contributed by atoms with E-state index >= 15 is 0 Å². The maximum absolute atomic E-state index is 13.9. The lowest BCUT2D eigenvalue weighted by molar-refractivity contribution is -0.140. The van der Waals surface area contributed by atoms with Crippen molar-refractivity contribution in [3.63, 3.8) is 0 Å². The second-order valence-electron chi connectivity index (χ2n) is 12.1. The molecule has 1 N–H and O–H groups in total. The molecule has 0 radical (unpaired) electrons. The van der Waals surface area contributed by atoms with Crippen LogP contribution in [0, 0.1) is 0 Å². The highest BCUT2D eigenvalue weighted by Crippen LogP contribution is 2.63. The third kappa shape index (κ3) is 9.54. The molecular formula is C41H51O7PS. The Morgan fingerprint density at radius 1 is 0.660 bits per heavy atom. The minimum Gasteiger partial charge on any atom is -0.870 e. The molecule has 0 aromatic heterocycles. The normalized spacial score (nSPS) is 13.9. The van der Waals surface area contributed by atoms with E-state index in [2.05, 4.69) is 72.8 Å². The number of carbonyl (C=O) groups excluding carboxylic acids is 3. The fourth-order valence-corrected chi connectivity index (χ4v) is 13.7. The van der Waals surface area contributed by atoms with Gasteiger partial charge in [0.2, 0.25) is 28.1 Å². The Labute approximate surface area is 302 Å². The maximum atomic E-state index is 13.9. The quantitative estimate of drug-likeness (QED) is 0.0502. The van der Waals surface area contributed by atoms with Gasteiger partial charge < -0.3 is 19.7 Å². The Hall–Kier alpha value is -3.71. The second kappa shape index (κ2) is 20.8. The number of benzene rings is 3. The summed E-state index contributed by atoms with van der Waals surface area (Å²) < 4.78 is 16.1. The van der Waals surface area contributed by atoms with Crippen LogP contribution in [0.3, 0.4) is 0 Å². The van der Waals surface area contributed by atoms with Crippen LogP contribution in [-0.2, 0) is 28.6 Å². The predicted octanol–water partition coefficient (Wildman–Crippen LogP) is 7.91. The van der Waals surface area contributed by atoms with Crippen molar-refractivity contribution in [1.82, 2.24) is 0 Å². The van der Waals surface area contributed by atoms with Gasteiger partial charge in [0.05, 0.1) is 20.8 Å². The summed E-state index contributed by atoms with van der Waals surface area (Å²) in [7, 11) is 0.346. The van der Waals surface area contributed by atoms with Crippen molar-refractivity contribution in [2.24, 2.45) is 0 Å². The SMILES string of the molecule is CCOC(=O)C(SCCCCCCCCCCC1=C(C)C(=O)C(OC)=C(OC)C1=O)[P+](c1ccccc1)(c1ccccc1)c1ccccc1.[OH-]. The molecule has 1 unspecified atom stereocenters. The molecule has 7 nitrogen and oxygen atoms in total. The first-order valence-electron chi connectivity index (χ1n) is 17.4. The summed E-state index contributed by atoms with van der Waals surface area (Å²) in [5.41, 5.74) is 1.00. The van der Waals surface area contributed by atoms with Gasteiger partial charge >= 0.3 is 5.97 Å². The van der Waals surface area contributed by atoms with Crippen molar-refractivity contribution in [3.8, 4) is 0 Å². The first kappa shape index (κ1) is 40.7. The highest BCUT2D eigenvalue weighted by molar-refractivity contribution is 8.15. The van der Waals surface area contributed by atoms with Gasteiger partial charge in [-0.25, -0.2) is 4.79 Å². The molecule has 9 heteroatoms. The van der Waals surface area contributed by atoms with E-state index in [0.29, 0.717) is 24.2 Å². The molecule has 50 heavy (non-hydrogen) atoms. The number of allylic oxidation sites excluding steroid dienone is 2. The molecule has 0 bridgehead atoms. The fourth-order valence-electron chi connectivity index (χ4n) is 6.55. The molecule has 0 amide bonds. The molecule has 0 saturated carbocycles. The lowest BCUT2D eigenvalue weighted by Gasteiger charge is -2.33. The first-order chi connectivity index (χ1) is 23.9. The summed E-state index contributed by atoms with van der Waals surface area (Å²) >= 11 is 1.75. The zero-order chi connectivity index (χ0) is 35.1. The Balaban J connectivity index is 0.00000676. The molecule has 1 atom stereocenters. The molecule has 3 aromatic carbocycles.